The molecule has 1 aliphatic carbocycles. The van der Waals surface area contributed by atoms with E-state index in [2.05, 4.69) is 27.7 Å². The highest BCUT2D eigenvalue weighted by Gasteiger charge is 2.28. The summed E-state index contributed by atoms with van der Waals surface area (Å²) in [5.74, 6) is 0. The van der Waals surface area contributed by atoms with Gasteiger partial charge >= 0.3 is 0 Å². The summed E-state index contributed by atoms with van der Waals surface area (Å²) in [6.07, 6.45) is 1.18. The van der Waals surface area contributed by atoms with Gasteiger partial charge in [-0.3, -0.25) is 0 Å². The Morgan fingerprint density at radius 2 is 1.53 bits per heavy atom. The maximum Gasteiger partial charge on any atom is 0.0174 e. The molecule has 2 aromatic heterocycles. The normalized spacial score (nSPS) is 13.1. The first-order chi connectivity index (χ1) is 7.09. The zero-order valence-electron chi connectivity index (χ0n) is 9.52. The van der Waals surface area contributed by atoms with Crippen molar-refractivity contribution in [2.24, 2.45) is 0 Å². The first-order valence-corrected chi connectivity index (χ1v) is 6.91. The number of rotatable bonds is 0. The van der Waals surface area contributed by atoms with E-state index in [4.69, 9.17) is 0 Å². The fourth-order valence-corrected chi connectivity index (χ4v) is 4.86. The van der Waals surface area contributed by atoms with Crippen LogP contribution < -0.4 is 0 Å². The van der Waals surface area contributed by atoms with Crippen molar-refractivity contribution in [3.63, 3.8) is 0 Å². The summed E-state index contributed by atoms with van der Waals surface area (Å²) in [5.41, 5.74) is 6.24. The smallest absolute Gasteiger partial charge is 0.0174 e. The van der Waals surface area contributed by atoms with Gasteiger partial charge in [0.1, 0.15) is 0 Å². The van der Waals surface area contributed by atoms with Crippen LogP contribution in [0.25, 0.3) is 11.1 Å². The number of aryl methyl sites for hydroxylation is 3. The Labute approximate surface area is 98.6 Å². The van der Waals surface area contributed by atoms with Crippen LogP contribution in [0.5, 0.6) is 0 Å². The predicted octanol–water partition coefficient (Wildman–Crippen LogP) is 4.61. The lowest BCUT2D eigenvalue weighted by atomic mass is 10.0. The molecule has 0 saturated heterocycles. The number of thiophene rings is 2. The summed E-state index contributed by atoms with van der Waals surface area (Å²) >= 11 is 3.94. The first-order valence-electron chi connectivity index (χ1n) is 5.27. The Morgan fingerprint density at radius 3 is 2.27 bits per heavy atom. The van der Waals surface area contributed by atoms with Crippen molar-refractivity contribution in [2.75, 3.05) is 0 Å². The van der Waals surface area contributed by atoms with Gasteiger partial charge in [0.05, 0.1) is 0 Å². The van der Waals surface area contributed by atoms with Gasteiger partial charge in [-0.1, -0.05) is 0 Å². The quantitative estimate of drug-likeness (QED) is 0.532. The molecule has 0 aromatic carbocycles. The standard InChI is InChI=1S/C13H14S2/c1-6-7(2)15-11-5-10-8(3)14-9(4)13(10)12(6)11/h5H2,1-4H3. The maximum atomic E-state index is 2.27. The zero-order valence-corrected chi connectivity index (χ0v) is 11.2. The van der Waals surface area contributed by atoms with E-state index in [0.717, 1.165) is 0 Å². The van der Waals surface area contributed by atoms with E-state index in [1.54, 1.807) is 21.6 Å². The van der Waals surface area contributed by atoms with E-state index in [1.807, 2.05) is 22.7 Å². The Balaban J connectivity index is 2.37. The number of fused-ring (bicyclic) bond motifs is 3. The topological polar surface area (TPSA) is 0 Å². The molecular formula is C13H14S2. The second-order valence-corrected chi connectivity index (χ2v) is 7.06. The van der Waals surface area contributed by atoms with E-state index in [9.17, 15) is 0 Å². The highest BCUT2D eigenvalue weighted by atomic mass is 32.1. The van der Waals surface area contributed by atoms with E-state index < -0.39 is 0 Å². The number of hydrogen-bond donors (Lipinski definition) is 0. The minimum atomic E-state index is 1.18. The van der Waals surface area contributed by atoms with Gasteiger partial charge in [0, 0.05) is 37.1 Å². The van der Waals surface area contributed by atoms with Crippen molar-refractivity contribution in [1.29, 1.82) is 0 Å². The van der Waals surface area contributed by atoms with Crippen LogP contribution in [0, 0.1) is 27.7 Å². The summed E-state index contributed by atoms with van der Waals surface area (Å²) in [6.45, 7) is 9.03. The van der Waals surface area contributed by atoms with E-state index in [1.165, 1.54) is 26.6 Å². The van der Waals surface area contributed by atoms with Crippen molar-refractivity contribution in [3.8, 4) is 11.1 Å². The Hall–Kier alpha value is -0.600. The maximum absolute atomic E-state index is 2.27. The number of hydrogen-bond acceptors (Lipinski definition) is 2. The minimum Gasteiger partial charge on any atom is -0.145 e. The molecule has 2 heterocycles. The van der Waals surface area contributed by atoms with Crippen LogP contribution in [-0.2, 0) is 6.42 Å². The Morgan fingerprint density at radius 1 is 0.800 bits per heavy atom. The SMILES string of the molecule is Cc1sc2c(c1C)-c1c(C)sc(C)c1C2. The summed E-state index contributed by atoms with van der Waals surface area (Å²) in [4.78, 5) is 6.10. The molecule has 0 fully saturated rings. The average Bonchev–Trinajstić information content (AvgIpc) is 2.73. The van der Waals surface area contributed by atoms with Gasteiger partial charge in [0.15, 0.2) is 0 Å². The molecule has 2 heteroatoms. The molecule has 0 saturated carbocycles. The second-order valence-electron chi connectivity index (χ2n) is 4.33. The molecule has 0 atom stereocenters. The first kappa shape index (κ1) is 9.61. The van der Waals surface area contributed by atoms with Crippen molar-refractivity contribution < 1.29 is 0 Å². The predicted molar refractivity (Wildman–Crippen MR) is 69.4 cm³/mol. The third-order valence-electron chi connectivity index (χ3n) is 3.43. The second kappa shape index (κ2) is 2.96. The van der Waals surface area contributed by atoms with Gasteiger partial charge in [-0.15, -0.1) is 22.7 Å². The highest BCUT2D eigenvalue weighted by molar-refractivity contribution is 7.14. The highest BCUT2D eigenvalue weighted by Crippen LogP contribution is 2.49. The van der Waals surface area contributed by atoms with Gasteiger partial charge < -0.3 is 0 Å². The summed E-state index contributed by atoms with van der Waals surface area (Å²) in [5, 5.41) is 0. The monoisotopic (exact) mass is 234 g/mol. The van der Waals surface area contributed by atoms with E-state index in [0.29, 0.717) is 0 Å². The van der Waals surface area contributed by atoms with Gasteiger partial charge in [-0.2, -0.15) is 0 Å². The van der Waals surface area contributed by atoms with E-state index >= 15 is 0 Å². The molecule has 0 amide bonds. The van der Waals surface area contributed by atoms with Crippen LogP contribution in [0.3, 0.4) is 0 Å². The van der Waals surface area contributed by atoms with Crippen LogP contribution in [0.2, 0.25) is 0 Å². The molecule has 0 nitrogen and oxygen atoms in total. The molecule has 0 N–H and O–H groups in total. The average molecular weight is 234 g/mol. The van der Waals surface area contributed by atoms with Crippen LogP contribution in [0.4, 0.5) is 0 Å². The fraction of sp³-hybridized carbons (Fsp3) is 0.385. The summed E-state index contributed by atoms with van der Waals surface area (Å²) in [6, 6.07) is 0. The van der Waals surface area contributed by atoms with Crippen molar-refractivity contribution >= 4 is 22.7 Å². The van der Waals surface area contributed by atoms with Crippen LogP contribution in [0.15, 0.2) is 0 Å². The Kier molecular flexibility index (Phi) is 1.89. The molecule has 15 heavy (non-hydrogen) atoms. The molecule has 2 aromatic rings. The van der Waals surface area contributed by atoms with Gasteiger partial charge in [0.2, 0.25) is 0 Å². The Bertz CT molecular complexity index is 556. The van der Waals surface area contributed by atoms with Crippen LogP contribution >= 0.6 is 22.7 Å². The summed E-state index contributed by atoms with van der Waals surface area (Å²) < 4.78 is 0. The van der Waals surface area contributed by atoms with Gasteiger partial charge in [-0.25, -0.2) is 0 Å². The minimum absolute atomic E-state index is 1.18. The zero-order chi connectivity index (χ0) is 10.7. The van der Waals surface area contributed by atoms with Gasteiger partial charge in [0.25, 0.3) is 0 Å². The molecule has 0 unspecified atom stereocenters. The largest absolute Gasteiger partial charge is 0.145 e. The molecular weight excluding hydrogens is 220 g/mol. The summed E-state index contributed by atoms with van der Waals surface area (Å²) in [7, 11) is 0. The molecule has 0 spiro atoms. The van der Waals surface area contributed by atoms with Crippen LogP contribution in [0.1, 0.15) is 30.6 Å². The van der Waals surface area contributed by atoms with Crippen LogP contribution in [-0.4, -0.2) is 0 Å². The van der Waals surface area contributed by atoms with Gasteiger partial charge in [-0.05, 0) is 38.8 Å². The molecule has 0 aliphatic heterocycles. The molecule has 0 radical (unpaired) electrons. The van der Waals surface area contributed by atoms with Crippen molar-refractivity contribution in [2.45, 2.75) is 34.1 Å². The fourth-order valence-electron chi connectivity index (χ4n) is 2.58. The lowest BCUT2D eigenvalue weighted by molar-refractivity contribution is 1.29. The molecule has 1 aliphatic rings. The molecule has 78 valence electrons. The third kappa shape index (κ3) is 1.12. The lowest BCUT2D eigenvalue weighted by Crippen LogP contribution is -1.79. The molecule has 3 rings (SSSR count). The molecule has 0 bridgehead atoms. The lowest BCUT2D eigenvalue weighted by Gasteiger charge is -1.98. The van der Waals surface area contributed by atoms with E-state index in [-0.39, 0.29) is 0 Å². The van der Waals surface area contributed by atoms with Crippen molar-refractivity contribution in [1.82, 2.24) is 0 Å². The third-order valence-corrected chi connectivity index (χ3v) is 5.70. The van der Waals surface area contributed by atoms with Crippen molar-refractivity contribution in [3.05, 3.63) is 30.6 Å².